The molecule has 1 aliphatic rings. The first-order chi connectivity index (χ1) is 17.7. The van der Waals surface area contributed by atoms with Crippen molar-refractivity contribution < 1.29 is 35.9 Å². The third kappa shape index (κ3) is 8.20. The molecule has 7 nitrogen and oxygen atoms in total. The molecule has 38 heavy (non-hydrogen) atoms. The second-order valence-corrected chi connectivity index (χ2v) is 13.1. The average Bonchev–Trinajstić information content (AvgIpc) is 3.44. The van der Waals surface area contributed by atoms with E-state index in [4.69, 9.17) is 4.74 Å². The number of hydrogen-bond donors (Lipinski definition) is 2. The maximum atomic E-state index is 13.1. The van der Waals surface area contributed by atoms with Gasteiger partial charge in [-0.2, -0.15) is 13.2 Å². The molecule has 1 saturated carbocycles. The number of alkyl halides is 3. The molecule has 2 aromatic rings. The summed E-state index contributed by atoms with van der Waals surface area (Å²) in [5.41, 5.74) is 0.140. The summed E-state index contributed by atoms with van der Waals surface area (Å²) in [5, 5.41) is 2.60. The average molecular weight is 575 g/mol. The highest BCUT2D eigenvalue weighted by Crippen LogP contribution is 2.53. The molecular formula is C26H33F3N2O5S2. The molecule has 0 atom stereocenters. The largest absolute Gasteiger partial charge is 0.449 e. The summed E-state index contributed by atoms with van der Waals surface area (Å²) in [5.74, 6) is -0.374. The number of unbranched alkanes of at least 4 members (excludes halogenated alkanes) is 1. The minimum absolute atomic E-state index is 0.000638. The number of carbonyl (C=O) groups is 2. The lowest BCUT2D eigenvalue weighted by molar-refractivity contribution is -0.157. The molecule has 1 aromatic heterocycles. The third-order valence-corrected chi connectivity index (χ3v) is 9.12. The van der Waals surface area contributed by atoms with Crippen molar-refractivity contribution in [3.05, 3.63) is 40.8 Å². The number of nitrogens with one attached hydrogen (secondary N) is 2. The Labute approximate surface area is 225 Å². The number of carbonyl (C=O) groups excluding carboxylic acids is 2. The van der Waals surface area contributed by atoms with Crippen molar-refractivity contribution in [1.82, 2.24) is 10.0 Å². The number of hydrogen-bond acceptors (Lipinski definition) is 6. The monoisotopic (exact) mass is 574 g/mol. The Balaban J connectivity index is 1.82. The Morgan fingerprint density at radius 3 is 2.50 bits per heavy atom. The van der Waals surface area contributed by atoms with E-state index < -0.39 is 40.0 Å². The molecule has 2 N–H and O–H groups in total. The number of benzene rings is 1. The highest BCUT2D eigenvalue weighted by atomic mass is 32.2. The van der Waals surface area contributed by atoms with Crippen LogP contribution in [0.5, 0.6) is 0 Å². The van der Waals surface area contributed by atoms with Gasteiger partial charge in [0.15, 0.2) is 0 Å². The molecule has 1 aliphatic carbocycles. The van der Waals surface area contributed by atoms with Crippen LogP contribution in [0.15, 0.2) is 34.5 Å². The number of rotatable bonds is 12. The van der Waals surface area contributed by atoms with Crippen LogP contribution in [0.4, 0.5) is 18.0 Å². The number of sulfonamides is 1. The molecule has 1 heterocycles. The highest BCUT2D eigenvalue weighted by Gasteiger charge is 2.55. The first kappa shape index (κ1) is 29.9. The third-order valence-electron chi connectivity index (χ3n) is 6.12. The number of ether oxygens (including phenoxy) is 1. The summed E-state index contributed by atoms with van der Waals surface area (Å²) in [6.07, 6.45) is -4.20. The van der Waals surface area contributed by atoms with Gasteiger partial charge >= 0.3 is 12.3 Å². The standard InChI is InChI=1S/C26H33F3N2O5S2/c1-4-5-11-36-24(33)31-38(34,35)22-21(14-20(37-22)12-17(2)3)19-8-6-7-18(13-19)15-30-23(32)25(9-10-25)16-26(27,28)29/h6-8,13-14,17H,4-5,9-12,15-16H2,1-3H3,(H,30,32)(H,31,33). The predicted molar refractivity (Wildman–Crippen MR) is 139 cm³/mol. The van der Waals surface area contributed by atoms with Crippen molar-refractivity contribution in [2.45, 2.75) is 76.2 Å². The minimum Gasteiger partial charge on any atom is -0.449 e. The lowest BCUT2D eigenvalue weighted by atomic mass is 10.0. The van der Waals surface area contributed by atoms with Crippen LogP contribution >= 0.6 is 11.3 Å². The van der Waals surface area contributed by atoms with Crippen molar-refractivity contribution in [3.8, 4) is 11.1 Å². The summed E-state index contributed by atoms with van der Waals surface area (Å²) in [6.45, 7) is 6.03. The van der Waals surface area contributed by atoms with Gasteiger partial charge in [0.05, 0.1) is 18.4 Å². The van der Waals surface area contributed by atoms with Crippen molar-refractivity contribution in [3.63, 3.8) is 0 Å². The fourth-order valence-electron chi connectivity index (χ4n) is 4.06. The van der Waals surface area contributed by atoms with Gasteiger partial charge in [-0.05, 0) is 54.9 Å². The van der Waals surface area contributed by atoms with E-state index in [9.17, 15) is 31.2 Å². The van der Waals surface area contributed by atoms with Gasteiger partial charge in [-0.25, -0.2) is 17.9 Å². The second kappa shape index (κ2) is 12.1. The van der Waals surface area contributed by atoms with Crippen molar-refractivity contribution >= 4 is 33.4 Å². The summed E-state index contributed by atoms with van der Waals surface area (Å²) < 4.78 is 71.8. The molecule has 12 heteroatoms. The molecule has 2 amide bonds. The Hall–Kier alpha value is -2.60. The van der Waals surface area contributed by atoms with Gasteiger partial charge in [-0.15, -0.1) is 11.3 Å². The summed E-state index contributed by atoms with van der Waals surface area (Å²) >= 11 is 1.07. The summed E-state index contributed by atoms with van der Waals surface area (Å²) in [7, 11) is -4.24. The van der Waals surface area contributed by atoms with Crippen LogP contribution in [0.1, 0.15) is 63.3 Å². The van der Waals surface area contributed by atoms with E-state index in [1.165, 1.54) is 0 Å². The molecular weight excluding hydrogens is 541 g/mol. The zero-order valence-corrected chi connectivity index (χ0v) is 23.2. The van der Waals surface area contributed by atoms with Gasteiger partial charge in [-0.1, -0.05) is 45.4 Å². The molecule has 0 bridgehead atoms. The number of halogens is 3. The van der Waals surface area contributed by atoms with Crippen LogP contribution < -0.4 is 10.0 Å². The molecule has 0 aliphatic heterocycles. The zero-order chi connectivity index (χ0) is 28.1. The second-order valence-electron chi connectivity index (χ2n) is 10.1. The van der Waals surface area contributed by atoms with Gasteiger partial charge in [-0.3, -0.25) is 4.79 Å². The first-order valence-electron chi connectivity index (χ1n) is 12.5. The maximum Gasteiger partial charge on any atom is 0.421 e. The predicted octanol–water partition coefficient (Wildman–Crippen LogP) is 6.18. The van der Waals surface area contributed by atoms with Gasteiger partial charge in [0.2, 0.25) is 5.91 Å². The Kier molecular flexibility index (Phi) is 9.51. The molecule has 0 spiro atoms. The first-order valence-corrected chi connectivity index (χ1v) is 14.8. The van der Waals surface area contributed by atoms with Gasteiger partial charge < -0.3 is 10.1 Å². The van der Waals surface area contributed by atoms with E-state index in [2.05, 4.69) is 5.32 Å². The molecule has 210 valence electrons. The quantitative estimate of drug-likeness (QED) is 0.295. The summed E-state index contributed by atoms with van der Waals surface area (Å²) in [6, 6.07) is 8.54. The molecule has 0 unspecified atom stereocenters. The fourth-order valence-corrected chi connectivity index (χ4v) is 6.90. The zero-order valence-electron chi connectivity index (χ0n) is 21.6. The van der Waals surface area contributed by atoms with E-state index in [0.29, 0.717) is 29.5 Å². The number of thiophene rings is 1. The van der Waals surface area contributed by atoms with Gasteiger partial charge in [0, 0.05) is 17.0 Å². The molecule has 0 radical (unpaired) electrons. The van der Waals surface area contributed by atoms with Crippen LogP contribution in [0.2, 0.25) is 0 Å². The molecule has 1 fully saturated rings. The van der Waals surface area contributed by atoms with E-state index >= 15 is 0 Å². The highest BCUT2D eigenvalue weighted by molar-refractivity contribution is 7.92. The Morgan fingerprint density at radius 2 is 1.89 bits per heavy atom. The van der Waals surface area contributed by atoms with Gasteiger partial charge in [0.1, 0.15) is 4.21 Å². The Morgan fingerprint density at radius 1 is 1.18 bits per heavy atom. The Bertz CT molecular complexity index is 1250. The SMILES string of the molecule is CCCCOC(=O)NS(=O)(=O)c1sc(CC(C)C)cc1-c1cccc(CNC(=O)C2(CC(F)(F)F)CC2)c1. The van der Waals surface area contributed by atoms with E-state index in [1.54, 1.807) is 30.3 Å². The lowest BCUT2D eigenvalue weighted by Crippen LogP contribution is -2.34. The van der Waals surface area contributed by atoms with Crippen molar-refractivity contribution in [1.29, 1.82) is 0 Å². The van der Waals surface area contributed by atoms with Crippen molar-refractivity contribution in [2.24, 2.45) is 11.3 Å². The number of amides is 2. The van der Waals surface area contributed by atoms with Crippen LogP contribution in [0.3, 0.4) is 0 Å². The van der Waals surface area contributed by atoms with Crippen LogP contribution in [0, 0.1) is 11.3 Å². The molecule has 0 saturated heterocycles. The molecule has 3 rings (SSSR count). The van der Waals surface area contributed by atoms with Crippen LogP contribution in [-0.4, -0.2) is 33.2 Å². The van der Waals surface area contributed by atoms with E-state index in [-0.39, 0.29) is 36.1 Å². The minimum atomic E-state index is -4.42. The van der Waals surface area contributed by atoms with Gasteiger partial charge in [0.25, 0.3) is 10.0 Å². The fraction of sp³-hybridized carbons (Fsp3) is 0.538. The topological polar surface area (TPSA) is 102 Å². The van der Waals surface area contributed by atoms with E-state index in [0.717, 1.165) is 22.6 Å². The normalized spacial score (nSPS) is 14.8. The van der Waals surface area contributed by atoms with Crippen LogP contribution in [0.25, 0.3) is 11.1 Å². The van der Waals surface area contributed by atoms with Crippen LogP contribution in [-0.2, 0) is 32.5 Å². The smallest absolute Gasteiger partial charge is 0.421 e. The van der Waals surface area contributed by atoms with Crippen molar-refractivity contribution in [2.75, 3.05) is 6.61 Å². The lowest BCUT2D eigenvalue weighted by Gasteiger charge is -2.17. The maximum absolute atomic E-state index is 13.1. The van der Waals surface area contributed by atoms with E-state index in [1.807, 2.05) is 25.5 Å². The molecule has 1 aromatic carbocycles. The summed E-state index contributed by atoms with van der Waals surface area (Å²) in [4.78, 5) is 25.4.